The molecule has 0 aromatic heterocycles. The van der Waals surface area contributed by atoms with Crippen LogP contribution in [0.5, 0.6) is 5.75 Å². The van der Waals surface area contributed by atoms with Gasteiger partial charge in [0, 0.05) is 0 Å². The van der Waals surface area contributed by atoms with Gasteiger partial charge < -0.3 is 4.74 Å². The number of hydrogen-bond donors (Lipinski definition) is 0. The minimum absolute atomic E-state index is 0.262. The lowest BCUT2D eigenvalue weighted by atomic mass is 9.80. The smallest absolute Gasteiger partial charge is 0.119 e. The molecule has 0 saturated carbocycles. The summed E-state index contributed by atoms with van der Waals surface area (Å²) in [4.78, 5) is 0. The number of benzene rings is 1. The third-order valence-corrected chi connectivity index (χ3v) is 3.31. The van der Waals surface area contributed by atoms with Gasteiger partial charge in [0.05, 0.1) is 6.61 Å². The molecule has 1 nitrogen and oxygen atoms in total. The summed E-state index contributed by atoms with van der Waals surface area (Å²) in [5.41, 5.74) is 1.66. The van der Waals surface area contributed by atoms with Gasteiger partial charge in [-0.3, -0.25) is 0 Å². The van der Waals surface area contributed by atoms with Crippen LogP contribution in [0.15, 0.2) is 24.3 Å². The maximum atomic E-state index is 5.36. The number of hydrogen-bond acceptors (Lipinski definition) is 1. The van der Waals surface area contributed by atoms with Crippen molar-refractivity contribution < 1.29 is 4.74 Å². The van der Waals surface area contributed by atoms with Crippen molar-refractivity contribution in [2.45, 2.75) is 51.9 Å². The van der Waals surface area contributed by atoms with Gasteiger partial charge in [-0.15, -0.1) is 0 Å². The van der Waals surface area contributed by atoms with E-state index in [1.165, 1.54) is 31.2 Å². The second kappa shape index (κ2) is 6.68. The number of unbranched alkanes of at least 4 members (excludes halogenated alkanes) is 2. The van der Waals surface area contributed by atoms with Gasteiger partial charge in [0.1, 0.15) is 5.75 Å². The summed E-state index contributed by atoms with van der Waals surface area (Å²) in [6.45, 7) is 11.1. The molecular weight excluding hydrogens is 208 g/mol. The first-order valence-electron chi connectivity index (χ1n) is 6.62. The van der Waals surface area contributed by atoms with Crippen LogP contribution < -0.4 is 4.74 Å². The first-order valence-corrected chi connectivity index (χ1v) is 6.62. The molecule has 1 aromatic carbocycles. The second-order valence-electron chi connectivity index (χ2n) is 5.21. The molecule has 1 heteroatoms. The van der Waals surface area contributed by atoms with Crippen molar-refractivity contribution in [1.29, 1.82) is 0 Å². The fourth-order valence-electron chi connectivity index (χ4n) is 2.08. The summed E-state index contributed by atoms with van der Waals surface area (Å²) in [5.74, 6) is 0.910. The highest BCUT2D eigenvalue weighted by Gasteiger charge is 2.19. The monoisotopic (exact) mass is 233 g/mol. The van der Waals surface area contributed by atoms with Crippen molar-refractivity contribution in [3.63, 3.8) is 0 Å². The van der Waals surface area contributed by atoms with E-state index in [1.54, 1.807) is 0 Å². The van der Waals surface area contributed by atoms with E-state index in [0.717, 1.165) is 5.75 Å². The van der Waals surface area contributed by atoms with E-state index in [2.05, 4.69) is 39.8 Å². The van der Waals surface area contributed by atoms with E-state index in [1.807, 2.05) is 12.1 Å². The minimum atomic E-state index is 0.262. The summed E-state index contributed by atoms with van der Waals surface area (Å²) in [7, 11) is 0. The normalized spacial score (nSPS) is 11.5. The predicted molar refractivity (Wildman–Crippen MR) is 74.5 cm³/mol. The molecule has 0 amide bonds. The molecule has 0 N–H and O–H groups in total. The molecule has 0 aliphatic heterocycles. The van der Waals surface area contributed by atoms with Gasteiger partial charge in [-0.2, -0.15) is 0 Å². The Hall–Kier alpha value is -0.980. The average Bonchev–Trinajstić information content (AvgIpc) is 2.30. The van der Waals surface area contributed by atoms with Gasteiger partial charge >= 0.3 is 0 Å². The Morgan fingerprint density at radius 2 is 1.76 bits per heavy atom. The third kappa shape index (κ3) is 4.41. The summed E-state index contributed by atoms with van der Waals surface area (Å²) < 4.78 is 5.36. The molecule has 0 fully saturated rings. The van der Waals surface area contributed by atoms with Crippen molar-refractivity contribution in [3.05, 3.63) is 36.8 Å². The number of rotatable bonds is 7. The van der Waals surface area contributed by atoms with Gasteiger partial charge in [-0.1, -0.05) is 52.2 Å². The first kappa shape index (κ1) is 14.1. The molecule has 17 heavy (non-hydrogen) atoms. The zero-order valence-corrected chi connectivity index (χ0v) is 11.5. The van der Waals surface area contributed by atoms with Crippen molar-refractivity contribution in [2.24, 2.45) is 0 Å². The maximum absolute atomic E-state index is 5.36. The lowest BCUT2D eigenvalue weighted by Gasteiger charge is -2.25. The zero-order valence-electron chi connectivity index (χ0n) is 11.5. The van der Waals surface area contributed by atoms with Crippen LogP contribution in [0.4, 0.5) is 0 Å². The Bertz CT molecular complexity index is 311. The van der Waals surface area contributed by atoms with E-state index < -0.39 is 0 Å². The van der Waals surface area contributed by atoms with Crippen LogP contribution in [0, 0.1) is 6.92 Å². The standard InChI is InChI=1S/C16H25O/c1-5-7-8-13-16(3,4)14-9-11-15(12-10-14)17-6-2/h9-12H,2,5-8,13H2,1,3-4H3. The summed E-state index contributed by atoms with van der Waals surface area (Å²) in [5, 5.41) is 0. The molecule has 0 unspecified atom stereocenters. The SMILES string of the molecule is [CH2]COc1ccc(C(C)(C)CCCCC)cc1. The summed E-state index contributed by atoms with van der Waals surface area (Å²) in [6, 6.07) is 8.44. The highest BCUT2D eigenvalue weighted by Crippen LogP contribution is 2.30. The van der Waals surface area contributed by atoms with Crippen molar-refractivity contribution in [2.75, 3.05) is 6.61 Å². The zero-order chi connectivity index (χ0) is 12.7. The van der Waals surface area contributed by atoms with Crippen molar-refractivity contribution in [3.8, 4) is 5.75 Å². The Balaban J connectivity index is 2.63. The van der Waals surface area contributed by atoms with Crippen LogP contribution >= 0.6 is 0 Å². The molecular formula is C16H25O. The van der Waals surface area contributed by atoms with Crippen molar-refractivity contribution >= 4 is 0 Å². The van der Waals surface area contributed by atoms with Crippen LogP contribution in [0.2, 0.25) is 0 Å². The van der Waals surface area contributed by atoms with Gasteiger partial charge in [0.15, 0.2) is 0 Å². The Morgan fingerprint density at radius 1 is 1.12 bits per heavy atom. The lowest BCUT2D eigenvalue weighted by molar-refractivity contribution is 0.360. The molecule has 0 bridgehead atoms. The van der Waals surface area contributed by atoms with Crippen LogP contribution in [-0.4, -0.2) is 6.61 Å². The van der Waals surface area contributed by atoms with E-state index in [-0.39, 0.29) is 5.41 Å². The van der Waals surface area contributed by atoms with Gasteiger partial charge in [0.25, 0.3) is 0 Å². The van der Waals surface area contributed by atoms with E-state index >= 15 is 0 Å². The van der Waals surface area contributed by atoms with Crippen LogP contribution in [0.25, 0.3) is 0 Å². The van der Waals surface area contributed by atoms with Gasteiger partial charge in [-0.25, -0.2) is 0 Å². The highest BCUT2D eigenvalue weighted by atomic mass is 16.5. The summed E-state index contributed by atoms with van der Waals surface area (Å²) >= 11 is 0. The molecule has 0 atom stereocenters. The van der Waals surface area contributed by atoms with E-state index in [0.29, 0.717) is 6.61 Å². The van der Waals surface area contributed by atoms with Crippen LogP contribution in [-0.2, 0) is 5.41 Å². The van der Waals surface area contributed by atoms with Crippen LogP contribution in [0.1, 0.15) is 52.0 Å². The quantitative estimate of drug-likeness (QED) is 0.617. The Kier molecular flexibility index (Phi) is 5.54. The molecule has 0 aliphatic carbocycles. The molecule has 1 radical (unpaired) electrons. The molecule has 1 aromatic rings. The maximum Gasteiger partial charge on any atom is 0.119 e. The second-order valence-corrected chi connectivity index (χ2v) is 5.21. The fraction of sp³-hybridized carbons (Fsp3) is 0.562. The minimum Gasteiger partial charge on any atom is -0.494 e. The lowest BCUT2D eigenvalue weighted by Crippen LogP contribution is -2.16. The first-order chi connectivity index (χ1) is 8.10. The topological polar surface area (TPSA) is 9.23 Å². The Morgan fingerprint density at radius 3 is 2.29 bits per heavy atom. The number of ether oxygens (including phenoxy) is 1. The molecule has 0 saturated heterocycles. The van der Waals surface area contributed by atoms with Crippen molar-refractivity contribution in [1.82, 2.24) is 0 Å². The molecule has 0 heterocycles. The molecule has 0 aliphatic rings. The molecule has 95 valence electrons. The third-order valence-electron chi connectivity index (χ3n) is 3.31. The van der Waals surface area contributed by atoms with Gasteiger partial charge in [0.2, 0.25) is 0 Å². The predicted octanol–water partition coefficient (Wildman–Crippen LogP) is 4.76. The molecule has 0 spiro atoms. The summed E-state index contributed by atoms with van der Waals surface area (Å²) in [6.07, 6.45) is 5.16. The van der Waals surface area contributed by atoms with E-state index in [4.69, 9.17) is 4.74 Å². The Labute approximate surface area is 106 Å². The highest BCUT2D eigenvalue weighted by molar-refractivity contribution is 5.31. The van der Waals surface area contributed by atoms with Crippen LogP contribution in [0.3, 0.4) is 0 Å². The van der Waals surface area contributed by atoms with E-state index in [9.17, 15) is 0 Å². The van der Waals surface area contributed by atoms with Gasteiger partial charge in [-0.05, 0) is 36.5 Å². The average molecular weight is 233 g/mol. The largest absolute Gasteiger partial charge is 0.494 e. The fourth-order valence-corrected chi connectivity index (χ4v) is 2.08. The molecule has 1 rings (SSSR count).